The molecule has 2 N–H and O–H groups in total. The zero-order valence-corrected chi connectivity index (χ0v) is 11.1. The van der Waals surface area contributed by atoms with Crippen LogP contribution in [0.5, 0.6) is 5.75 Å². The molecule has 0 radical (unpaired) electrons. The molecule has 0 aliphatic heterocycles. The molecule has 7 nitrogen and oxygen atoms in total. The fourth-order valence-electron chi connectivity index (χ4n) is 1.58. The molecule has 1 heterocycles. The van der Waals surface area contributed by atoms with Crippen molar-refractivity contribution < 1.29 is 13.9 Å². The molecular weight excluding hydrogens is 281 g/mol. The summed E-state index contributed by atoms with van der Waals surface area (Å²) in [5.74, 6) is -0.598. The van der Waals surface area contributed by atoms with Crippen molar-refractivity contribution >= 4 is 11.7 Å². The lowest BCUT2D eigenvalue weighted by atomic mass is 10.3. The molecule has 0 aliphatic rings. The van der Waals surface area contributed by atoms with Crippen LogP contribution in [0.4, 0.5) is 14.9 Å². The second-order valence-corrected chi connectivity index (χ2v) is 3.99. The first-order chi connectivity index (χ1) is 10.0. The number of carbonyl (C=O) groups is 1. The van der Waals surface area contributed by atoms with Crippen LogP contribution in [0.15, 0.2) is 40.1 Å². The van der Waals surface area contributed by atoms with Crippen molar-refractivity contribution in [3.05, 3.63) is 57.1 Å². The fraction of sp³-hybridized carbons (Fsp3) is 0.154. The molecule has 0 atom stereocenters. The highest BCUT2D eigenvalue weighted by Crippen LogP contribution is 2.15. The molecule has 8 heteroatoms. The molecule has 0 spiro atoms. The molecule has 0 bridgehead atoms. The van der Waals surface area contributed by atoms with E-state index in [1.165, 1.54) is 0 Å². The lowest BCUT2D eigenvalue weighted by Gasteiger charge is -2.08. The molecular formula is C13H12FN3O4. The predicted molar refractivity (Wildman–Crippen MR) is 73.3 cm³/mol. The number of hydrogen-bond donors (Lipinski definition) is 2. The van der Waals surface area contributed by atoms with E-state index in [-0.39, 0.29) is 0 Å². The molecule has 1 aromatic carbocycles. The Morgan fingerprint density at radius 1 is 1.33 bits per heavy atom. The molecule has 0 saturated heterocycles. The van der Waals surface area contributed by atoms with Crippen LogP contribution in [0, 0.1) is 5.82 Å². The molecule has 21 heavy (non-hydrogen) atoms. The number of benzene rings is 1. The summed E-state index contributed by atoms with van der Waals surface area (Å²) in [4.78, 5) is 35.8. The predicted octanol–water partition coefficient (Wildman–Crippen LogP) is 1.15. The number of rotatable bonds is 3. The number of halogens is 1. The third-order valence-electron chi connectivity index (χ3n) is 2.53. The maximum absolute atomic E-state index is 13.1. The Balaban J connectivity index is 2.20. The molecule has 2 aromatic rings. The van der Waals surface area contributed by atoms with E-state index in [0.717, 1.165) is 0 Å². The van der Waals surface area contributed by atoms with Gasteiger partial charge in [0.1, 0.15) is 5.75 Å². The van der Waals surface area contributed by atoms with E-state index in [2.05, 4.69) is 5.32 Å². The van der Waals surface area contributed by atoms with Gasteiger partial charge in [-0.25, -0.2) is 14.2 Å². The molecule has 0 saturated carbocycles. The Kier molecular flexibility index (Phi) is 4.17. The smallest absolute Gasteiger partial charge is 0.336 e. The van der Waals surface area contributed by atoms with Gasteiger partial charge in [0.2, 0.25) is 5.82 Å². The van der Waals surface area contributed by atoms with E-state index in [0.29, 0.717) is 28.8 Å². The number of nitrogens with one attached hydrogen (secondary N) is 2. The summed E-state index contributed by atoms with van der Waals surface area (Å²) in [6.45, 7) is 2.35. The van der Waals surface area contributed by atoms with E-state index in [9.17, 15) is 18.8 Å². The lowest BCUT2D eigenvalue weighted by Crippen LogP contribution is -2.37. The van der Waals surface area contributed by atoms with E-state index < -0.39 is 23.1 Å². The fourth-order valence-corrected chi connectivity index (χ4v) is 1.58. The van der Waals surface area contributed by atoms with Crippen molar-refractivity contribution in [2.24, 2.45) is 0 Å². The minimum Gasteiger partial charge on any atom is -0.494 e. The molecule has 110 valence electrons. The van der Waals surface area contributed by atoms with Gasteiger partial charge in [0.05, 0.1) is 12.8 Å². The minimum absolute atomic E-state index is 0.391. The summed E-state index contributed by atoms with van der Waals surface area (Å²) >= 11 is 0. The molecule has 0 unspecified atom stereocenters. The highest BCUT2D eigenvalue weighted by molar-refractivity contribution is 5.90. The third kappa shape index (κ3) is 3.35. The number of anilines is 1. The second kappa shape index (κ2) is 6.04. The van der Waals surface area contributed by atoms with Crippen LogP contribution in [0.2, 0.25) is 0 Å². The monoisotopic (exact) mass is 293 g/mol. The van der Waals surface area contributed by atoms with Crippen molar-refractivity contribution in [3.63, 3.8) is 0 Å². The number of hydrogen-bond acceptors (Lipinski definition) is 4. The number of carbonyl (C=O) groups excluding carboxylic acids is 1. The summed E-state index contributed by atoms with van der Waals surface area (Å²) in [6, 6.07) is 5.51. The maximum atomic E-state index is 13.1. The van der Waals surface area contributed by atoms with Crippen LogP contribution in [-0.2, 0) is 0 Å². The summed E-state index contributed by atoms with van der Waals surface area (Å²) in [7, 11) is 0. The molecule has 2 rings (SSSR count). The van der Waals surface area contributed by atoms with Gasteiger partial charge >= 0.3 is 11.7 Å². The zero-order valence-electron chi connectivity index (χ0n) is 11.1. The van der Waals surface area contributed by atoms with Gasteiger partial charge in [-0.2, -0.15) is 4.39 Å². The van der Waals surface area contributed by atoms with Crippen molar-refractivity contribution in [2.45, 2.75) is 6.92 Å². The average molecular weight is 293 g/mol. The number of nitrogens with zero attached hydrogens (tertiary/aromatic N) is 1. The normalized spacial score (nSPS) is 10.2. The molecule has 1 aromatic heterocycles. The van der Waals surface area contributed by atoms with Gasteiger partial charge in [0, 0.05) is 5.69 Å². The van der Waals surface area contributed by atoms with Crippen molar-refractivity contribution in [1.29, 1.82) is 0 Å². The van der Waals surface area contributed by atoms with Crippen LogP contribution in [-0.4, -0.2) is 22.2 Å². The summed E-state index contributed by atoms with van der Waals surface area (Å²) in [5, 5.41) is 2.39. The highest BCUT2D eigenvalue weighted by Gasteiger charge is 2.11. The van der Waals surface area contributed by atoms with Gasteiger partial charge in [-0.05, 0) is 31.2 Å². The number of aromatic amines is 1. The first-order valence-electron chi connectivity index (χ1n) is 6.07. The average Bonchev–Trinajstić information content (AvgIpc) is 2.45. The first-order valence-corrected chi connectivity index (χ1v) is 6.07. The Labute approximate surface area is 118 Å². The Hall–Kier alpha value is -2.90. The van der Waals surface area contributed by atoms with Crippen molar-refractivity contribution in [2.75, 3.05) is 11.9 Å². The second-order valence-electron chi connectivity index (χ2n) is 3.99. The Bertz CT molecular complexity index is 764. The Morgan fingerprint density at radius 2 is 2.00 bits per heavy atom. The van der Waals surface area contributed by atoms with Gasteiger partial charge < -0.3 is 10.1 Å². The topological polar surface area (TPSA) is 93.2 Å². The zero-order chi connectivity index (χ0) is 15.4. The van der Waals surface area contributed by atoms with E-state index in [1.807, 2.05) is 6.92 Å². The van der Waals surface area contributed by atoms with Crippen LogP contribution < -0.4 is 21.3 Å². The minimum atomic E-state index is -1.23. The number of ether oxygens (including phenoxy) is 1. The Morgan fingerprint density at radius 3 is 2.62 bits per heavy atom. The summed E-state index contributed by atoms with van der Waals surface area (Å²) in [6.07, 6.45) is 0.533. The van der Waals surface area contributed by atoms with Crippen LogP contribution in [0.3, 0.4) is 0 Å². The maximum Gasteiger partial charge on any atom is 0.336 e. The van der Waals surface area contributed by atoms with E-state index in [1.54, 1.807) is 29.2 Å². The standard InChI is InChI=1S/C13H12FN3O4/c1-2-21-9-5-3-8(4-6-9)15-12(19)17-7-10(14)11(18)16-13(17)20/h3-7H,2H2,1H3,(H,15,19)(H,16,18,20). The summed E-state index contributed by atoms with van der Waals surface area (Å²) in [5.41, 5.74) is -1.81. The van der Waals surface area contributed by atoms with Crippen LogP contribution in [0.1, 0.15) is 6.92 Å². The summed E-state index contributed by atoms with van der Waals surface area (Å²) < 4.78 is 18.8. The quantitative estimate of drug-likeness (QED) is 0.888. The van der Waals surface area contributed by atoms with E-state index in [4.69, 9.17) is 4.74 Å². The van der Waals surface area contributed by atoms with Gasteiger partial charge in [-0.1, -0.05) is 0 Å². The number of H-pyrrole nitrogens is 1. The first kappa shape index (κ1) is 14.5. The van der Waals surface area contributed by atoms with Gasteiger partial charge in [0.15, 0.2) is 0 Å². The van der Waals surface area contributed by atoms with Crippen LogP contribution in [0.25, 0.3) is 0 Å². The SMILES string of the molecule is CCOc1ccc(NC(=O)n2cc(F)c(=O)[nH]c2=O)cc1. The van der Waals surface area contributed by atoms with Crippen molar-refractivity contribution in [1.82, 2.24) is 9.55 Å². The molecule has 0 aliphatic carbocycles. The van der Waals surface area contributed by atoms with Gasteiger partial charge in [-0.15, -0.1) is 0 Å². The number of amides is 1. The lowest BCUT2D eigenvalue weighted by molar-refractivity contribution is 0.252. The largest absolute Gasteiger partial charge is 0.494 e. The van der Waals surface area contributed by atoms with Gasteiger partial charge in [0.25, 0.3) is 5.56 Å². The van der Waals surface area contributed by atoms with Crippen molar-refractivity contribution in [3.8, 4) is 5.75 Å². The third-order valence-corrected chi connectivity index (χ3v) is 2.53. The van der Waals surface area contributed by atoms with E-state index >= 15 is 0 Å². The number of aromatic nitrogens is 2. The van der Waals surface area contributed by atoms with Crippen LogP contribution >= 0.6 is 0 Å². The molecule has 1 amide bonds. The molecule has 0 fully saturated rings. The highest BCUT2D eigenvalue weighted by atomic mass is 19.1. The van der Waals surface area contributed by atoms with Gasteiger partial charge in [-0.3, -0.25) is 9.78 Å².